The van der Waals surface area contributed by atoms with Crippen molar-refractivity contribution in [2.75, 3.05) is 13.7 Å². The summed E-state index contributed by atoms with van der Waals surface area (Å²) in [4.78, 5) is 24.0. The SMILES string of the molecule is COc1cc(C(=O)NNC(=O)CCc2ccco2)ccc1OCCC(C)C. The molecule has 2 N–H and O–H groups in total. The highest BCUT2D eigenvalue weighted by Crippen LogP contribution is 2.28. The smallest absolute Gasteiger partial charge is 0.269 e. The summed E-state index contributed by atoms with van der Waals surface area (Å²) in [5.41, 5.74) is 5.14. The van der Waals surface area contributed by atoms with Crippen molar-refractivity contribution in [3.63, 3.8) is 0 Å². The van der Waals surface area contributed by atoms with Gasteiger partial charge in [0.25, 0.3) is 5.91 Å². The number of hydrogen-bond acceptors (Lipinski definition) is 5. The number of hydrazine groups is 1. The zero-order valence-electron chi connectivity index (χ0n) is 15.9. The van der Waals surface area contributed by atoms with Crippen molar-refractivity contribution in [2.24, 2.45) is 5.92 Å². The van der Waals surface area contributed by atoms with Crippen LogP contribution < -0.4 is 20.3 Å². The first-order valence-electron chi connectivity index (χ1n) is 8.92. The van der Waals surface area contributed by atoms with Gasteiger partial charge in [0, 0.05) is 18.4 Å². The predicted octanol–water partition coefficient (Wildman–Crippen LogP) is 3.11. The average molecular weight is 374 g/mol. The fourth-order valence-electron chi connectivity index (χ4n) is 2.29. The lowest BCUT2D eigenvalue weighted by molar-refractivity contribution is -0.121. The number of aryl methyl sites for hydroxylation is 1. The highest BCUT2D eigenvalue weighted by Gasteiger charge is 2.12. The quantitative estimate of drug-likeness (QED) is 0.658. The van der Waals surface area contributed by atoms with Crippen molar-refractivity contribution in [2.45, 2.75) is 33.1 Å². The van der Waals surface area contributed by atoms with E-state index in [0.29, 0.717) is 41.8 Å². The van der Waals surface area contributed by atoms with Crippen molar-refractivity contribution in [1.29, 1.82) is 0 Å². The summed E-state index contributed by atoms with van der Waals surface area (Å²) < 4.78 is 16.2. The fourth-order valence-corrected chi connectivity index (χ4v) is 2.29. The van der Waals surface area contributed by atoms with E-state index in [9.17, 15) is 9.59 Å². The Morgan fingerprint density at radius 2 is 1.96 bits per heavy atom. The molecular weight excluding hydrogens is 348 g/mol. The second-order valence-corrected chi connectivity index (χ2v) is 6.48. The van der Waals surface area contributed by atoms with E-state index >= 15 is 0 Å². The first kappa shape index (κ1) is 20.4. The van der Waals surface area contributed by atoms with Crippen LogP contribution in [0.1, 0.15) is 42.8 Å². The minimum Gasteiger partial charge on any atom is -0.493 e. The van der Waals surface area contributed by atoms with Crippen LogP contribution in [0.3, 0.4) is 0 Å². The van der Waals surface area contributed by atoms with Crippen LogP contribution in [0, 0.1) is 5.92 Å². The second-order valence-electron chi connectivity index (χ2n) is 6.48. The summed E-state index contributed by atoms with van der Waals surface area (Å²) in [6.07, 6.45) is 3.15. The molecule has 1 aromatic heterocycles. The monoisotopic (exact) mass is 374 g/mol. The van der Waals surface area contributed by atoms with Crippen molar-refractivity contribution in [3.05, 3.63) is 47.9 Å². The molecule has 0 fully saturated rings. The first-order valence-corrected chi connectivity index (χ1v) is 8.92. The van der Waals surface area contributed by atoms with Gasteiger partial charge in [-0.2, -0.15) is 0 Å². The molecule has 2 amide bonds. The minimum absolute atomic E-state index is 0.208. The van der Waals surface area contributed by atoms with Crippen LogP contribution in [-0.4, -0.2) is 25.5 Å². The molecule has 0 aliphatic rings. The van der Waals surface area contributed by atoms with E-state index in [0.717, 1.165) is 6.42 Å². The number of methoxy groups -OCH3 is 1. The van der Waals surface area contributed by atoms with Crippen molar-refractivity contribution in [1.82, 2.24) is 10.9 Å². The van der Waals surface area contributed by atoms with Crippen LogP contribution in [0.25, 0.3) is 0 Å². The van der Waals surface area contributed by atoms with Crippen LogP contribution in [0.5, 0.6) is 11.5 Å². The maximum Gasteiger partial charge on any atom is 0.269 e. The van der Waals surface area contributed by atoms with Gasteiger partial charge in [-0.15, -0.1) is 0 Å². The number of hydrogen-bond donors (Lipinski definition) is 2. The summed E-state index contributed by atoms with van der Waals surface area (Å²) in [6.45, 7) is 4.82. The van der Waals surface area contributed by atoms with Crippen molar-refractivity contribution < 1.29 is 23.5 Å². The topological polar surface area (TPSA) is 89.8 Å². The van der Waals surface area contributed by atoms with E-state index in [2.05, 4.69) is 24.7 Å². The third-order valence-electron chi connectivity index (χ3n) is 3.87. The number of ether oxygens (including phenoxy) is 2. The third kappa shape index (κ3) is 6.69. The highest BCUT2D eigenvalue weighted by atomic mass is 16.5. The Hall–Kier alpha value is -2.96. The van der Waals surface area contributed by atoms with E-state index in [4.69, 9.17) is 13.9 Å². The third-order valence-corrected chi connectivity index (χ3v) is 3.87. The molecule has 0 aliphatic heterocycles. The molecule has 0 spiro atoms. The number of carbonyl (C=O) groups excluding carboxylic acids is 2. The number of nitrogens with one attached hydrogen (secondary N) is 2. The normalized spacial score (nSPS) is 10.5. The lowest BCUT2D eigenvalue weighted by Crippen LogP contribution is -2.41. The van der Waals surface area contributed by atoms with Crippen LogP contribution in [0.15, 0.2) is 41.0 Å². The van der Waals surface area contributed by atoms with Gasteiger partial charge in [0.05, 0.1) is 20.0 Å². The van der Waals surface area contributed by atoms with Gasteiger partial charge in [0.2, 0.25) is 5.91 Å². The summed E-state index contributed by atoms with van der Waals surface area (Å²) >= 11 is 0. The van der Waals surface area contributed by atoms with E-state index < -0.39 is 5.91 Å². The summed E-state index contributed by atoms with van der Waals surface area (Å²) in [5, 5.41) is 0. The van der Waals surface area contributed by atoms with Gasteiger partial charge >= 0.3 is 0 Å². The molecule has 146 valence electrons. The summed E-state index contributed by atoms with van der Waals surface area (Å²) in [7, 11) is 1.52. The van der Waals surface area contributed by atoms with Gasteiger partial charge in [0.15, 0.2) is 11.5 Å². The number of amides is 2. The molecule has 0 radical (unpaired) electrons. The first-order chi connectivity index (χ1) is 13.0. The lowest BCUT2D eigenvalue weighted by atomic mass is 10.1. The molecular formula is C20H26N2O5. The molecule has 7 heteroatoms. The molecule has 1 aromatic carbocycles. The van der Waals surface area contributed by atoms with Gasteiger partial charge in [0.1, 0.15) is 5.76 Å². The lowest BCUT2D eigenvalue weighted by Gasteiger charge is -2.13. The Morgan fingerprint density at radius 3 is 2.63 bits per heavy atom. The molecule has 2 rings (SSSR count). The predicted molar refractivity (Wildman–Crippen MR) is 101 cm³/mol. The van der Waals surface area contributed by atoms with Gasteiger partial charge in [-0.05, 0) is 42.7 Å². The van der Waals surface area contributed by atoms with Crippen LogP contribution in [0.4, 0.5) is 0 Å². The zero-order valence-corrected chi connectivity index (χ0v) is 15.9. The van der Waals surface area contributed by atoms with E-state index in [1.807, 2.05) is 0 Å². The molecule has 0 saturated carbocycles. The molecule has 0 atom stereocenters. The zero-order chi connectivity index (χ0) is 19.6. The Bertz CT molecular complexity index is 741. The number of rotatable bonds is 9. The molecule has 1 heterocycles. The average Bonchev–Trinajstić information content (AvgIpc) is 3.18. The van der Waals surface area contributed by atoms with Gasteiger partial charge < -0.3 is 13.9 Å². The summed E-state index contributed by atoms with van der Waals surface area (Å²) in [5.74, 6) is 1.56. The molecule has 0 saturated heterocycles. The Morgan fingerprint density at radius 1 is 1.15 bits per heavy atom. The van der Waals surface area contributed by atoms with Gasteiger partial charge in [-0.3, -0.25) is 20.4 Å². The number of benzene rings is 1. The highest BCUT2D eigenvalue weighted by molar-refractivity contribution is 5.96. The van der Waals surface area contributed by atoms with Crippen LogP contribution in [0.2, 0.25) is 0 Å². The largest absolute Gasteiger partial charge is 0.493 e. The number of furan rings is 1. The van der Waals surface area contributed by atoms with E-state index in [1.54, 1.807) is 36.6 Å². The van der Waals surface area contributed by atoms with Crippen LogP contribution >= 0.6 is 0 Å². The molecule has 0 unspecified atom stereocenters. The van der Waals surface area contributed by atoms with Crippen molar-refractivity contribution >= 4 is 11.8 Å². The maximum absolute atomic E-state index is 12.2. The number of carbonyl (C=O) groups is 2. The van der Waals surface area contributed by atoms with Crippen molar-refractivity contribution in [3.8, 4) is 11.5 Å². The van der Waals surface area contributed by atoms with Crippen LogP contribution in [-0.2, 0) is 11.2 Å². The Balaban J connectivity index is 1.84. The molecule has 2 aromatic rings. The van der Waals surface area contributed by atoms with Gasteiger partial charge in [-0.1, -0.05) is 13.8 Å². The molecule has 0 bridgehead atoms. The van der Waals surface area contributed by atoms with E-state index in [-0.39, 0.29) is 12.3 Å². The second kappa shape index (κ2) is 10.3. The standard InChI is InChI=1S/C20H26N2O5/c1-14(2)10-12-27-17-8-6-15(13-18(17)25-3)20(24)22-21-19(23)9-7-16-5-4-11-26-16/h4-6,8,11,13-14H,7,9-10,12H2,1-3H3,(H,21,23)(H,22,24). The van der Waals surface area contributed by atoms with E-state index in [1.165, 1.54) is 7.11 Å². The van der Waals surface area contributed by atoms with Gasteiger partial charge in [-0.25, -0.2) is 0 Å². The molecule has 0 aliphatic carbocycles. The Labute approximate surface area is 159 Å². The molecule has 7 nitrogen and oxygen atoms in total. The minimum atomic E-state index is -0.437. The fraction of sp³-hybridized carbons (Fsp3) is 0.400. The maximum atomic E-state index is 12.2. The Kier molecular flexibility index (Phi) is 7.73. The molecule has 27 heavy (non-hydrogen) atoms. The summed E-state index contributed by atoms with van der Waals surface area (Å²) in [6, 6.07) is 8.45.